The van der Waals surface area contributed by atoms with Gasteiger partial charge < -0.3 is 15.8 Å². The van der Waals surface area contributed by atoms with Crippen LogP contribution in [0.5, 0.6) is 0 Å². The number of hydrogen-bond donors (Lipinski definition) is 2. The summed E-state index contributed by atoms with van der Waals surface area (Å²) in [4.78, 5) is 11.2. The van der Waals surface area contributed by atoms with Crippen molar-refractivity contribution >= 4 is 5.91 Å². The fraction of sp³-hybridized carbons (Fsp3) is 0.769. The molecule has 4 heteroatoms. The number of carbonyl (C=O) groups is 1. The fourth-order valence-electron chi connectivity index (χ4n) is 1.95. The first kappa shape index (κ1) is 14.0. The van der Waals surface area contributed by atoms with Crippen LogP contribution in [0.3, 0.4) is 0 Å². The van der Waals surface area contributed by atoms with E-state index < -0.39 is 0 Å². The molecule has 0 aromatic carbocycles. The Kier molecular flexibility index (Phi) is 6.68. The Balaban J connectivity index is 1.97. The Morgan fingerprint density at radius 3 is 2.76 bits per heavy atom. The standard InChI is InChI=1S/C13H22N2O2/c1-2-3-4-13(16)15-9-10-17-12-7-5-11(14)6-8-12/h1,11-12H,3-10,14H2,(H,15,16). The molecule has 1 aliphatic rings. The lowest BCUT2D eigenvalue weighted by molar-refractivity contribution is -0.121. The number of carbonyl (C=O) groups excluding carboxylic acids is 1. The lowest BCUT2D eigenvalue weighted by atomic mass is 9.94. The molecule has 1 saturated carbocycles. The number of nitrogens with one attached hydrogen (secondary N) is 1. The summed E-state index contributed by atoms with van der Waals surface area (Å²) in [7, 11) is 0. The van der Waals surface area contributed by atoms with E-state index >= 15 is 0 Å². The smallest absolute Gasteiger partial charge is 0.221 e. The van der Waals surface area contributed by atoms with Gasteiger partial charge in [0.1, 0.15) is 0 Å². The summed E-state index contributed by atoms with van der Waals surface area (Å²) in [6, 6.07) is 0.346. The van der Waals surface area contributed by atoms with Crippen molar-refractivity contribution in [2.24, 2.45) is 5.73 Å². The molecule has 0 atom stereocenters. The van der Waals surface area contributed by atoms with Crippen molar-refractivity contribution in [1.82, 2.24) is 5.32 Å². The molecule has 96 valence electrons. The highest BCUT2D eigenvalue weighted by Gasteiger charge is 2.18. The second-order valence-corrected chi connectivity index (χ2v) is 4.46. The molecule has 0 spiro atoms. The van der Waals surface area contributed by atoms with Gasteiger partial charge in [0.15, 0.2) is 0 Å². The number of nitrogens with two attached hydrogens (primary N) is 1. The Labute approximate surface area is 103 Å². The highest BCUT2D eigenvalue weighted by atomic mass is 16.5. The van der Waals surface area contributed by atoms with Crippen LogP contribution in [0.25, 0.3) is 0 Å². The molecule has 0 aliphatic heterocycles. The van der Waals surface area contributed by atoms with Gasteiger partial charge in [-0.2, -0.15) is 0 Å². The van der Waals surface area contributed by atoms with Gasteiger partial charge in [-0.15, -0.1) is 12.3 Å². The largest absolute Gasteiger partial charge is 0.376 e. The summed E-state index contributed by atoms with van der Waals surface area (Å²) < 4.78 is 5.68. The summed E-state index contributed by atoms with van der Waals surface area (Å²) in [5.74, 6) is 2.44. The predicted octanol–water partition coefficient (Wildman–Crippen LogP) is 0.802. The number of hydrogen-bond acceptors (Lipinski definition) is 3. The van der Waals surface area contributed by atoms with E-state index in [9.17, 15) is 4.79 Å². The van der Waals surface area contributed by atoms with E-state index in [0.29, 0.717) is 38.1 Å². The molecule has 0 saturated heterocycles. The molecule has 17 heavy (non-hydrogen) atoms. The normalized spacial score (nSPS) is 24.0. The van der Waals surface area contributed by atoms with E-state index in [2.05, 4.69) is 11.2 Å². The quantitative estimate of drug-likeness (QED) is 0.531. The van der Waals surface area contributed by atoms with E-state index in [1.165, 1.54) is 0 Å². The second kappa shape index (κ2) is 8.10. The summed E-state index contributed by atoms with van der Waals surface area (Å²) >= 11 is 0. The molecule has 1 fully saturated rings. The van der Waals surface area contributed by atoms with Gasteiger partial charge in [0.05, 0.1) is 12.7 Å². The molecule has 0 bridgehead atoms. The van der Waals surface area contributed by atoms with Crippen molar-refractivity contribution in [1.29, 1.82) is 0 Å². The average molecular weight is 238 g/mol. The van der Waals surface area contributed by atoms with E-state index in [4.69, 9.17) is 16.9 Å². The molecule has 4 nitrogen and oxygen atoms in total. The fourth-order valence-corrected chi connectivity index (χ4v) is 1.95. The van der Waals surface area contributed by atoms with Gasteiger partial charge in [-0.25, -0.2) is 0 Å². The zero-order chi connectivity index (χ0) is 12.5. The minimum absolute atomic E-state index is 0.00258. The van der Waals surface area contributed by atoms with Gasteiger partial charge in [-0.3, -0.25) is 4.79 Å². The van der Waals surface area contributed by atoms with Crippen molar-refractivity contribution < 1.29 is 9.53 Å². The Morgan fingerprint density at radius 2 is 2.12 bits per heavy atom. The molecule has 0 aromatic rings. The Morgan fingerprint density at radius 1 is 1.41 bits per heavy atom. The first-order chi connectivity index (χ1) is 8.22. The lowest BCUT2D eigenvalue weighted by Gasteiger charge is -2.26. The zero-order valence-electron chi connectivity index (χ0n) is 10.3. The van der Waals surface area contributed by atoms with Crippen LogP contribution in [0.15, 0.2) is 0 Å². The van der Waals surface area contributed by atoms with Gasteiger partial charge in [-0.1, -0.05) is 0 Å². The van der Waals surface area contributed by atoms with Crippen molar-refractivity contribution in [3.8, 4) is 12.3 Å². The predicted molar refractivity (Wildman–Crippen MR) is 67.3 cm³/mol. The molecule has 3 N–H and O–H groups in total. The van der Waals surface area contributed by atoms with Gasteiger partial charge in [0.25, 0.3) is 0 Å². The van der Waals surface area contributed by atoms with Gasteiger partial charge >= 0.3 is 0 Å². The summed E-state index contributed by atoms with van der Waals surface area (Å²) in [5, 5.41) is 2.78. The first-order valence-electron chi connectivity index (χ1n) is 6.29. The van der Waals surface area contributed by atoms with E-state index in [-0.39, 0.29) is 5.91 Å². The van der Waals surface area contributed by atoms with Crippen LogP contribution >= 0.6 is 0 Å². The SMILES string of the molecule is C#CCCC(=O)NCCOC1CCC(N)CC1. The van der Waals surface area contributed by atoms with Crippen LogP contribution in [0.1, 0.15) is 38.5 Å². The molecule has 0 aromatic heterocycles. The van der Waals surface area contributed by atoms with Crippen LogP contribution in [-0.2, 0) is 9.53 Å². The minimum atomic E-state index is -0.00258. The van der Waals surface area contributed by atoms with E-state index in [1.807, 2.05) is 0 Å². The highest BCUT2D eigenvalue weighted by molar-refractivity contribution is 5.76. The van der Waals surface area contributed by atoms with Crippen molar-refractivity contribution in [3.05, 3.63) is 0 Å². The lowest BCUT2D eigenvalue weighted by Crippen LogP contribution is -2.32. The zero-order valence-corrected chi connectivity index (χ0v) is 10.3. The van der Waals surface area contributed by atoms with Crippen LogP contribution in [0.4, 0.5) is 0 Å². The van der Waals surface area contributed by atoms with Crippen molar-refractivity contribution in [2.75, 3.05) is 13.2 Å². The maximum Gasteiger partial charge on any atom is 0.221 e. The highest BCUT2D eigenvalue weighted by Crippen LogP contribution is 2.19. The monoisotopic (exact) mass is 238 g/mol. The molecule has 1 aliphatic carbocycles. The van der Waals surface area contributed by atoms with Crippen LogP contribution < -0.4 is 11.1 Å². The van der Waals surface area contributed by atoms with E-state index in [1.54, 1.807) is 0 Å². The van der Waals surface area contributed by atoms with Crippen molar-refractivity contribution in [3.63, 3.8) is 0 Å². The minimum Gasteiger partial charge on any atom is -0.376 e. The molecule has 0 heterocycles. The van der Waals surface area contributed by atoms with Crippen molar-refractivity contribution in [2.45, 2.75) is 50.7 Å². The van der Waals surface area contributed by atoms with Crippen LogP contribution in [-0.4, -0.2) is 31.2 Å². The number of rotatable bonds is 6. The third kappa shape index (κ3) is 6.30. The Hall–Kier alpha value is -1.05. The second-order valence-electron chi connectivity index (χ2n) is 4.46. The van der Waals surface area contributed by atoms with Crippen LogP contribution in [0.2, 0.25) is 0 Å². The van der Waals surface area contributed by atoms with Gasteiger partial charge in [0.2, 0.25) is 5.91 Å². The number of terminal acetylenes is 1. The third-order valence-corrected chi connectivity index (χ3v) is 2.99. The van der Waals surface area contributed by atoms with Gasteiger partial charge in [0, 0.05) is 25.4 Å². The number of amides is 1. The van der Waals surface area contributed by atoms with Crippen LogP contribution in [0, 0.1) is 12.3 Å². The summed E-state index contributed by atoms with van der Waals surface area (Å²) in [5.41, 5.74) is 5.81. The van der Waals surface area contributed by atoms with Gasteiger partial charge in [-0.05, 0) is 25.7 Å². The summed E-state index contributed by atoms with van der Waals surface area (Å²) in [6.07, 6.45) is 10.4. The topological polar surface area (TPSA) is 64.3 Å². The molecule has 1 rings (SSSR count). The average Bonchev–Trinajstić information content (AvgIpc) is 2.34. The maximum absolute atomic E-state index is 11.2. The summed E-state index contributed by atoms with van der Waals surface area (Å²) in [6.45, 7) is 1.13. The molecule has 1 amide bonds. The number of ether oxygens (including phenoxy) is 1. The molecule has 0 radical (unpaired) electrons. The molecular formula is C13H22N2O2. The molecular weight excluding hydrogens is 216 g/mol. The molecule has 0 unspecified atom stereocenters. The third-order valence-electron chi connectivity index (χ3n) is 2.99. The Bertz CT molecular complexity index is 265. The first-order valence-corrected chi connectivity index (χ1v) is 6.29. The van der Waals surface area contributed by atoms with E-state index in [0.717, 1.165) is 25.7 Å². The maximum atomic E-state index is 11.2.